The van der Waals surface area contributed by atoms with Gasteiger partial charge in [0.25, 0.3) is 0 Å². The first-order chi connectivity index (χ1) is 8.42. The van der Waals surface area contributed by atoms with E-state index in [4.69, 9.17) is 5.73 Å². The molecule has 1 rings (SSSR count). The van der Waals surface area contributed by atoms with Crippen molar-refractivity contribution in [2.75, 3.05) is 6.54 Å². The molecule has 0 aliphatic rings. The lowest BCUT2D eigenvalue weighted by Gasteiger charge is -2.17. The smallest absolute Gasteiger partial charge is 0.224 e. The fourth-order valence-electron chi connectivity index (χ4n) is 1.72. The summed E-state index contributed by atoms with van der Waals surface area (Å²) in [4.78, 5) is 11.8. The lowest BCUT2D eigenvalue weighted by Crippen LogP contribution is -2.39. The lowest BCUT2D eigenvalue weighted by molar-refractivity contribution is -0.125. The van der Waals surface area contributed by atoms with Crippen LogP contribution in [0.15, 0.2) is 18.2 Å². The summed E-state index contributed by atoms with van der Waals surface area (Å²) in [5.41, 5.74) is 6.11. The van der Waals surface area contributed by atoms with Crippen LogP contribution in [0.1, 0.15) is 19.4 Å². The molecule has 0 aromatic heterocycles. The molecule has 1 unspecified atom stereocenters. The average molecular weight is 254 g/mol. The van der Waals surface area contributed by atoms with E-state index in [-0.39, 0.29) is 24.2 Å². The van der Waals surface area contributed by atoms with Crippen LogP contribution in [-0.4, -0.2) is 23.6 Å². The summed E-state index contributed by atoms with van der Waals surface area (Å²) in [6.45, 7) is 3.90. The van der Waals surface area contributed by atoms with Crippen LogP contribution in [0.5, 0.6) is 5.75 Å². The Morgan fingerprint density at radius 3 is 2.61 bits per heavy atom. The molecule has 0 saturated carbocycles. The number of aromatic hydroxyl groups is 1. The van der Waals surface area contributed by atoms with E-state index in [9.17, 15) is 14.3 Å². The first-order valence-corrected chi connectivity index (χ1v) is 5.91. The number of phenols is 1. The second-order valence-corrected chi connectivity index (χ2v) is 4.62. The summed E-state index contributed by atoms with van der Waals surface area (Å²) in [5.74, 6) is -1.25. The maximum Gasteiger partial charge on any atom is 0.224 e. The van der Waals surface area contributed by atoms with Gasteiger partial charge in [0, 0.05) is 18.7 Å². The van der Waals surface area contributed by atoms with Gasteiger partial charge in [-0.25, -0.2) is 4.39 Å². The van der Waals surface area contributed by atoms with Crippen LogP contribution in [0.2, 0.25) is 0 Å². The van der Waals surface area contributed by atoms with E-state index in [0.717, 1.165) is 6.07 Å². The van der Waals surface area contributed by atoms with Crippen molar-refractivity contribution in [1.82, 2.24) is 5.32 Å². The van der Waals surface area contributed by atoms with Crippen LogP contribution in [0.25, 0.3) is 0 Å². The number of nitrogens with two attached hydrogens (primary N) is 1. The summed E-state index contributed by atoms with van der Waals surface area (Å²) in [7, 11) is 0. The van der Waals surface area contributed by atoms with Crippen molar-refractivity contribution in [2.45, 2.75) is 26.3 Å². The Bertz CT molecular complexity index is 401. The topological polar surface area (TPSA) is 75.4 Å². The highest BCUT2D eigenvalue weighted by Gasteiger charge is 2.18. The molecule has 0 aliphatic heterocycles. The molecule has 0 spiro atoms. The van der Waals surface area contributed by atoms with Gasteiger partial charge in [0.15, 0.2) is 0 Å². The molecule has 0 heterocycles. The maximum atomic E-state index is 13.1. The third-order valence-corrected chi connectivity index (χ3v) is 2.51. The van der Waals surface area contributed by atoms with Crippen molar-refractivity contribution in [3.8, 4) is 5.75 Å². The van der Waals surface area contributed by atoms with E-state index in [1.54, 1.807) is 0 Å². The van der Waals surface area contributed by atoms with Crippen molar-refractivity contribution in [2.24, 2.45) is 11.7 Å². The lowest BCUT2D eigenvalue weighted by atomic mass is 9.98. The molecule has 1 aromatic rings. The van der Waals surface area contributed by atoms with Gasteiger partial charge in [0.2, 0.25) is 5.91 Å². The number of carbonyl (C=O) groups is 1. The molecule has 0 radical (unpaired) electrons. The quantitative estimate of drug-likeness (QED) is 0.738. The van der Waals surface area contributed by atoms with E-state index in [1.165, 1.54) is 12.1 Å². The van der Waals surface area contributed by atoms with E-state index in [2.05, 4.69) is 5.32 Å². The molecule has 4 N–H and O–H groups in total. The van der Waals surface area contributed by atoms with E-state index < -0.39 is 11.7 Å². The minimum atomic E-state index is -0.523. The zero-order valence-corrected chi connectivity index (χ0v) is 10.6. The van der Waals surface area contributed by atoms with Crippen LogP contribution < -0.4 is 11.1 Å². The number of hydrogen-bond acceptors (Lipinski definition) is 3. The van der Waals surface area contributed by atoms with Crippen LogP contribution in [0.4, 0.5) is 4.39 Å². The van der Waals surface area contributed by atoms with E-state index in [0.29, 0.717) is 12.0 Å². The highest BCUT2D eigenvalue weighted by atomic mass is 19.1. The Hall–Kier alpha value is -1.62. The normalized spacial score (nSPS) is 12.5. The predicted molar refractivity (Wildman–Crippen MR) is 67.6 cm³/mol. The maximum absolute atomic E-state index is 13.1. The van der Waals surface area contributed by atoms with E-state index >= 15 is 0 Å². The Morgan fingerprint density at radius 1 is 1.44 bits per heavy atom. The van der Waals surface area contributed by atoms with Gasteiger partial charge in [-0.15, -0.1) is 0 Å². The SMILES string of the molecule is CC(C)NC(=O)C(CN)Cc1cc(O)cc(F)c1. The summed E-state index contributed by atoms with van der Waals surface area (Å²) < 4.78 is 13.1. The summed E-state index contributed by atoms with van der Waals surface area (Å²) >= 11 is 0. The van der Waals surface area contributed by atoms with Gasteiger partial charge in [-0.3, -0.25) is 4.79 Å². The predicted octanol–water partition coefficient (Wildman–Crippen LogP) is 1.17. The summed E-state index contributed by atoms with van der Waals surface area (Å²) in [6, 6.07) is 3.79. The first kappa shape index (κ1) is 14.4. The molecule has 0 bridgehead atoms. The van der Waals surface area contributed by atoms with Gasteiger partial charge in [-0.05, 0) is 38.0 Å². The van der Waals surface area contributed by atoms with Gasteiger partial charge in [0.1, 0.15) is 11.6 Å². The molecular formula is C13H19FN2O2. The monoisotopic (exact) mass is 254 g/mol. The molecule has 4 nitrogen and oxygen atoms in total. The Kier molecular flexibility index (Phi) is 5.09. The highest BCUT2D eigenvalue weighted by molar-refractivity contribution is 5.79. The molecule has 1 aromatic carbocycles. The summed E-state index contributed by atoms with van der Waals surface area (Å²) in [5, 5.41) is 12.1. The minimum Gasteiger partial charge on any atom is -0.508 e. The molecule has 1 atom stereocenters. The van der Waals surface area contributed by atoms with Crippen LogP contribution in [0, 0.1) is 11.7 Å². The zero-order chi connectivity index (χ0) is 13.7. The fraction of sp³-hybridized carbons (Fsp3) is 0.462. The van der Waals surface area contributed by atoms with Crippen molar-refractivity contribution in [3.05, 3.63) is 29.6 Å². The van der Waals surface area contributed by atoms with Crippen molar-refractivity contribution < 1.29 is 14.3 Å². The van der Waals surface area contributed by atoms with Crippen molar-refractivity contribution in [3.63, 3.8) is 0 Å². The van der Waals surface area contributed by atoms with Crippen LogP contribution in [-0.2, 0) is 11.2 Å². The zero-order valence-electron chi connectivity index (χ0n) is 10.6. The number of benzene rings is 1. The standard InChI is InChI=1S/C13H19FN2O2/c1-8(2)16-13(18)10(7-15)3-9-4-11(14)6-12(17)5-9/h4-6,8,10,17H,3,7,15H2,1-2H3,(H,16,18). The Morgan fingerprint density at radius 2 is 2.11 bits per heavy atom. The number of phenolic OH excluding ortho intramolecular Hbond substituents is 1. The van der Waals surface area contributed by atoms with Gasteiger partial charge in [0.05, 0.1) is 5.92 Å². The average Bonchev–Trinajstić information content (AvgIpc) is 2.23. The fourth-order valence-corrected chi connectivity index (χ4v) is 1.72. The third-order valence-electron chi connectivity index (χ3n) is 2.51. The third kappa shape index (κ3) is 4.33. The highest BCUT2D eigenvalue weighted by Crippen LogP contribution is 2.17. The minimum absolute atomic E-state index is 0.0347. The van der Waals surface area contributed by atoms with Crippen LogP contribution >= 0.6 is 0 Å². The Labute approximate surface area is 106 Å². The number of nitrogens with one attached hydrogen (secondary N) is 1. The second-order valence-electron chi connectivity index (χ2n) is 4.62. The molecule has 18 heavy (non-hydrogen) atoms. The van der Waals surface area contributed by atoms with Crippen LogP contribution in [0.3, 0.4) is 0 Å². The molecule has 0 aliphatic carbocycles. The number of halogens is 1. The summed E-state index contributed by atoms with van der Waals surface area (Å²) in [6.07, 6.45) is 0.306. The van der Waals surface area contributed by atoms with Gasteiger partial charge in [-0.1, -0.05) is 0 Å². The molecule has 0 fully saturated rings. The van der Waals surface area contributed by atoms with Gasteiger partial charge >= 0.3 is 0 Å². The van der Waals surface area contributed by atoms with Crippen molar-refractivity contribution in [1.29, 1.82) is 0 Å². The number of carbonyl (C=O) groups excluding carboxylic acids is 1. The van der Waals surface area contributed by atoms with Gasteiger partial charge < -0.3 is 16.2 Å². The first-order valence-electron chi connectivity index (χ1n) is 5.91. The molecule has 0 saturated heterocycles. The number of rotatable bonds is 5. The molecule has 1 amide bonds. The molecule has 100 valence electrons. The largest absolute Gasteiger partial charge is 0.508 e. The van der Waals surface area contributed by atoms with Gasteiger partial charge in [-0.2, -0.15) is 0 Å². The van der Waals surface area contributed by atoms with Crippen molar-refractivity contribution >= 4 is 5.91 Å². The van der Waals surface area contributed by atoms with E-state index in [1.807, 2.05) is 13.8 Å². The molecule has 5 heteroatoms. The second kappa shape index (κ2) is 6.35. The number of hydrogen-bond donors (Lipinski definition) is 3. The number of amides is 1. The molecular weight excluding hydrogens is 235 g/mol. The Balaban J connectivity index is 2.76.